The molecule has 0 nitrogen and oxygen atoms in total. The predicted octanol–water partition coefficient (Wildman–Crippen LogP) is 3.75. The van der Waals surface area contributed by atoms with Crippen molar-refractivity contribution in [2.45, 2.75) is 10.7 Å². The summed E-state index contributed by atoms with van der Waals surface area (Å²) >= 11 is 6.21. The molecule has 0 bridgehead atoms. The van der Waals surface area contributed by atoms with Crippen LogP contribution in [-0.2, 0) is 10.7 Å². The third-order valence-corrected chi connectivity index (χ3v) is 2.71. The Balaban J connectivity index is 3.28. The van der Waals surface area contributed by atoms with Crippen molar-refractivity contribution < 1.29 is 8.78 Å². The molecule has 0 aliphatic carbocycles. The molecule has 0 saturated carbocycles. The SMILES string of the molecule is Fc1ccc(F)c(CBr)c1CBr. The van der Waals surface area contributed by atoms with Crippen LogP contribution in [0.2, 0.25) is 0 Å². The van der Waals surface area contributed by atoms with Crippen LogP contribution in [0.1, 0.15) is 11.1 Å². The smallest absolute Gasteiger partial charge is 0.127 e. The number of hydrogen-bond acceptors (Lipinski definition) is 0. The number of alkyl halides is 2. The molecule has 0 unspecified atom stereocenters. The highest BCUT2D eigenvalue weighted by Gasteiger charge is 2.10. The summed E-state index contributed by atoms with van der Waals surface area (Å²) in [5, 5.41) is 0.662. The van der Waals surface area contributed by atoms with Crippen LogP contribution >= 0.6 is 31.9 Å². The van der Waals surface area contributed by atoms with E-state index in [1.54, 1.807) is 0 Å². The summed E-state index contributed by atoms with van der Waals surface area (Å²) in [5.74, 6) is -0.745. The van der Waals surface area contributed by atoms with Crippen LogP contribution < -0.4 is 0 Å². The van der Waals surface area contributed by atoms with Gasteiger partial charge in [-0.2, -0.15) is 0 Å². The minimum Gasteiger partial charge on any atom is -0.207 e. The first-order valence-electron chi connectivity index (χ1n) is 3.28. The Hall–Kier alpha value is 0.0400. The van der Waals surface area contributed by atoms with Crippen molar-refractivity contribution in [3.05, 3.63) is 34.9 Å². The van der Waals surface area contributed by atoms with Gasteiger partial charge in [-0.3, -0.25) is 0 Å². The van der Waals surface area contributed by atoms with Crippen molar-refractivity contribution in [2.75, 3.05) is 0 Å². The molecule has 0 aliphatic rings. The summed E-state index contributed by atoms with van der Waals surface area (Å²) in [6.07, 6.45) is 0. The van der Waals surface area contributed by atoms with Crippen LogP contribution in [0.25, 0.3) is 0 Å². The molecule has 0 aromatic heterocycles. The van der Waals surface area contributed by atoms with Crippen LogP contribution in [0.3, 0.4) is 0 Å². The van der Waals surface area contributed by atoms with Gasteiger partial charge in [0.05, 0.1) is 0 Å². The molecule has 0 spiro atoms. The summed E-state index contributed by atoms with van der Waals surface area (Å²) in [5.41, 5.74) is 0.763. The van der Waals surface area contributed by atoms with Crippen LogP contribution in [0.4, 0.5) is 8.78 Å². The van der Waals surface area contributed by atoms with Gasteiger partial charge in [-0.25, -0.2) is 8.78 Å². The molecule has 0 N–H and O–H groups in total. The van der Waals surface area contributed by atoms with Gasteiger partial charge >= 0.3 is 0 Å². The Morgan fingerprint density at radius 2 is 1.25 bits per heavy atom. The molecule has 66 valence electrons. The van der Waals surface area contributed by atoms with Crippen LogP contribution in [0, 0.1) is 11.6 Å². The number of rotatable bonds is 2. The average molecular weight is 300 g/mol. The highest BCUT2D eigenvalue weighted by Crippen LogP contribution is 2.22. The number of hydrogen-bond donors (Lipinski definition) is 0. The lowest BCUT2D eigenvalue weighted by molar-refractivity contribution is 0.583. The fourth-order valence-corrected chi connectivity index (χ4v) is 2.14. The maximum absolute atomic E-state index is 13.0. The van der Waals surface area contributed by atoms with E-state index in [-0.39, 0.29) is 11.6 Å². The minimum absolute atomic E-state index is 0.331. The summed E-state index contributed by atoms with van der Waals surface area (Å²) in [7, 11) is 0. The molecule has 0 amide bonds. The highest BCUT2D eigenvalue weighted by atomic mass is 79.9. The van der Waals surface area contributed by atoms with Crippen molar-refractivity contribution in [3.63, 3.8) is 0 Å². The van der Waals surface area contributed by atoms with Crippen LogP contribution in [0.15, 0.2) is 12.1 Å². The molecule has 0 radical (unpaired) electrons. The van der Waals surface area contributed by atoms with Crippen molar-refractivity contribution in [1.82, 2.24) is 0 Å². The molecule has 12 heavy (non-hydrogen) atoms. The van der Waals surface area contributed by atoms with Gasteiger partial charge in [0, 0.05) is 21.8 Å². The van der Waals surface area contributed by atoms with Gasteiger partial charge in [-0.05, 0) is 12.1 Å². The van der Waals surface area contributed by atoms with Gasteiger partial charge in [0.25, 0.3) is 0 Å². The van der Waals surface area contributed by atoms with Crippen molar-refractivity contribution in [3.8, 4) is 0 Å². The fraction of sp³-hybridized carbons (Fsp3) is 0.250. The summed E-state index contributed by atoms with van der Waals surface area (Å²) in [6, 6.07) is 2.27. The molecule has 1 rings (SSSR count). The van der Waals surface area contributed by atoms with Crippen molar-refractivity contribution >= 4 is 31.9 Å². The Labute approximate surface area is 86.2 Å². The van der Waals surface area contributed by atoms with Gasteiger partial charge in [-0.15, -0.1) is 0 Å². The zero-order valence-corrected chi connectivity index (χ0v) is 9.25. The first-order valence-corrected chi connectivity index (χ1v) is 5.52. The molecule has 0 aliphatic heterocycles. The average Bonchev–Trinajstić information content (AvgIpc) is 2.08. The van der Waals surface area contributed by atoms with Crippen molar-refractivity contribution in [1.29, 1.82) is 0 Å². The number of halogens is 4. The normalized spacial score (nSPS) is 10.3. The molecule has 1 aromatic rings. The molecule has 4 heteroatoms. The zero-order chi connectivity index (χ0) is 9.14. The minimum atomic E-state index is -0.372. The topological polar surface area (TPSA) is 0 Å². The third-order valence-electron chi connectivity index (χ3n) is 1.58. The Bertz CT molecular complexity index is 258. The van der Waals surface area contributed by atoms with Gasteiger partial charge in [-0.1, -0.05) is 31.9 Å². The van der Waals surface area contributed by atoms with E-state index in [9.17, 15) is 8.78 Å². The largest absolute Gasteiger partial charge is 0.207 e. The maximum Gasteiger partial charge on any atom is 0.127 e. The Morgan fingerprint density at radius 3 is 1.50 bits per heavy atom. The predicted molar refractivity (Wildman–Crippen MR) is 51.6 cm³/mol. The van der Waals surface area contributed by atoms with E-state index in [2.05, 4.69) is 31.9 Å². The van der Waals surface area contributed by atoms with Crippen LogP contribution in [-0.4, -0.2) is 0 Å². The number of benzene rings is 1. The molecular formula is C8H6Br2F2. The quantitative estimate of drug-likeness (QED) is 0.730. The molecule has 0 atom stereocenters. The lowest BCUT2D eigenvalue weighted by Crippen LogP contribution is -1.96. The molecule has 0 saturated heterocycles. The van der Waals surface area contributed by atoms with Gasteiger partial charge in [0.2, 0.25) is 0 Å². The molecule has 0 heterocycles. The second-order valence-electron chi connectivity index (χ2n) is 2.25. The van der Waals surface area contributed by atoms with E-state index >= 15 is 0 Å². The monoisotopic (exact) mass is 298 g/mol. The first-order chi connectivity index (χ1) is 5.70. The van der Waals surface area contributed by atoms with E-state index in [1.807, 2.05) is 0 Å². The maximum atomic E-state index is 13.0. The second-order valence-corrected chi connectivity index (χ2v) is 3.38. The van der Waals surface area contributed by atoms with Crippen molar-refractivity contribution in [2.24, 2.45) is 0 Å². The van der Waals surface area contributed by atoms with Gasteiger partial charge in [0.15, 0.2) is 0 Å². The van der Waals surface area contributed by atoms with Gasteiger partial charge < -0.3 is 0 Å². The summed E-state index contributed by atoms with van der Waals surface area (Å²) < 4.78 is 26.0. The van der Waals surface area contributed by atoms with Crippen LogP contribution in [0.5, 0.6) is 0 Å². The van der Waals surface area contributed by atoms with E-state index < -0.39 is 0 Å². The summed E-state index contributed by atoms with van der Waals surface area (Å²) in [4.78, 5) is 0. The van der Waals surface area contributed by atoms with E-state index in [0.29, 0.717) is 21.8 Å². The summed E-state index contributed by atoms with van der Waals surface area (Å²) in [6.45, 7) is 0. The van der Waals surface area contributed by atoms with E-state index in [1.165, 1.54) is 0 Å². The fourth-order valence-electron chi connectivity index (χ4n) is 0.925. The lowest BCUT2D eigenvalue weighted by atomic mass is 10.1. The lowest BCUT2D eigenvalue weighted by Gasteiger charge is -2.05. The first kappa shape index (κ1) is 10.1. The standard InChI is InChI=1S/C8H6Br2F2/c9-3-5-6(4-10)8(12)2-1-7(5)11/h1-2H,3-4H2. The Kier molecular flexibility index (Phi) is 3.65. The van der Waals surface area contributed by atoms with Gasteiger partial charge in [0.1, 0.15) is 11.6 Å². The Morgan fingerprint density at radius 1 is 0.917 bits per heavy atom. The second kappa shape index (κ2) is 4.33. The highest BCUT2D eigenvalue weighted by molar-refractivity contribution is 9.09. The molecule has 0 fully saturated rings. The van der Waals surface area contributed by atoms with E-state index in [4.69, 9.17) is 0 Å². The third kappa shape index (κ3) is 1.85. The molecular weight excluding hydrogens is 294 g/mol. The van der Waals surface area contributed by atoms with E-state index in [0.717, 1.165) is 12.1 Å². The zero-order valence-electron chi connectivity index (χ0n) is 6.08. The molecule has 1 aromatic carbocycles.